The summed E-state index contributed by atoms with van der Waals surface area (Å²) in [7, 11) is 0. The van der Waals surface area contributed by atoms with E-state index in [1.54, 1.807) is 35.4 Å². The fourth-order valence-electron chi connectivity index (χ4n) is 3.93. The van der Waals surface area contributed by atoms with Gasteiger partial charge < -0.3 is 15.2 Å². The minimum atomic E-state index is -0.347. The molecule has 2 saturated carbocycles. The van der Waals surface area contributed by atoms with Crippen LogP contribution in [0.25, 0.3) is 16.8 Å². The molecule has 6 rings (SSSR count). The maximum Gasteiger partial charge on any atom is 0.274 e. The second kappa shape index (κ2) is 7.33. The maximum absolute atomic E-state index is 13.1. The minimum Gasteiger partial charge on any atom is -0.347 e. The van der Waals surface area contributed by atoms with Crippen LogP contribution in [0, 0.1) is 5.92 Å². The molecule has 0 aromatic carbocycles. The van der Waals surface area contributed by atoms with Crippen molar-refractivity contribution >= 4 is 28.8 Å². The Morgan fingerprint density at radius 2 is 1.88 bits per heavy atom. The second-order valence-corrected chi connectivity index (χ2v) is 8.46. The van der Waals surface area contributed by atoms with Crippen LogP contribution in [0.5, 0.6) is 0 Å². The van der Waals surface area contributed by atoms with Gasteiger partial charge in [-0.15, -0.1) is 0 Å². The van der Waals surface area contributed by atoms with E-state index in [9.17, 15) is 9.59 Å². The van der Waals surface area contributed by atoms with Crippen molar-refractivity contribution in [3.05, 3.63) is 48.9 Å². The lowest BCUT2D eigenvalue weighted by Crippen LogP contribution is -2.17. The van der Waals surface area contributed by atoms with Crippen molar-refractivity contribution in [2.75, 3.05) is 10.6 Å². The maximum atomic E-state index is 13.1. The average Bonchev–Trinajstić information content (AvgIpc) is 3.13. The smallest absolute Gasteiger partial charge is 0.274 e. The SMILES string of the molecule is O=C(Nc1cn(C2CCC2)cc1NC(=O)C1CC1)c1ccn2ncc(-c3cn[nH]c3)c2n1. The highest BCUT2D eigenvalue weighted by Crippen LogP contribution is 2.37. The molecule has 3 N–H and O–H groups in total. The molecule has 0 unspecified atom stereocenters. The number of rotatable bonds is 6. The lowest BCUT2D eigenvalue weighted by Gasteiger charge is -2.26. The van der Waals surface area contributed by atoms with Gasteiger partial charge in [0.05, 0.1) is 23.8 Å². The van der Waals surface area contributed by atoms with Crippen LogP contribution in [-0.4, -0.2) is 41.2 Å². The number of aromatic amines is 1. The summed E-state index contributed by atoms with van der Waals surface area (Å²) >= 11 is 0. The summed E-state index contributed by atoms with van der Waals surface area (Å²) in [5.41, 5.74) is 3.66. The molecule has 0 bridgehead atoms. The number of fused-ring (bicyclic) bond motifs is 1. The molecule has 0 aliphatic heterocycles. The van der Waals surface area contributed by atoms with E-state index in [1.165, 1.54) is 6.42 Å². The number of nitrogens with one attached hydrogen (secondary N) is 3. The number of carbonyl (C=O) groups excluding carboxylic acids is 2. The molecule has 2 aliphatic rings. The highest BCUT2D eigenvalue weighted by Gasteiger charge is 2.31. The summed E-state index contributed by atoms with van der Waals surface area (Å²) in [6, 6.07) is 2.04. The van der Waals surface area contributed by atoms with Crippen molar-refractivity contribution in [1.82, 2.24) is 29.4 Å². The van der Waals surface area contributed by atoms with Crippen LogP contribution in [0.4, 0.5) is 11.4 Å². The van der Waals surface area contributed by atoms with Gasteiger partial charge >= 0.3 is 0 Å². The van der Waals surface area contributed by atoms with Gasteiger partial charge in [0.1, 0.15) is 5.69 Å². The summed E-state index contributed by atoms with van der Waals surface area (Å²) in [6.45, 7) is 0. The van der Waals surface area contributed by atoms with Gasteiger partial charge in [0, 0.05) is 47.9 Å². The fourth-order valence-corrected chi connectivity index (χ4v) is 3.93. The van der Waals surface area contributed by atoms with E-state index in [0.29, 0.717) is 23.1 Å². The molecule has 2 amide bonds. The molecule has 4 aromatic rings. The van der Waals surface area contributed by atoms with Crippen molar-refractivity contribution in [2.24, 2.45) is 5.92 Å². The molecule has 4 heterocycles. The third-order valence-electron chi connectivity index (χ3n) is 6.21. The number of H-pyrrole nitrogens is 1. The summed E-state index contributed by atoms with van der Waals surface area (Å²) < 4.78 is 3.71. The number of aromatic nitrogens is 6. The summed E-state index contributed by atoms with van der Waals surface area (Å²) in [4.78, 5) is 30.0. The van der Waals surface area contributed by atoms with Crippen LogP contribution in [0.1, 0.15) is 48.6 Å². The second-order valence-electron chi connectivity index (χ2n) is 8.46. The topological polar surface area (TPSA) is 122 Å². The highest BCUT2D eigenvalue weighted by atomic mass is 16.2. The van der Waals surface area contributed by atoms with E-state index in [0.717, 1.165) is 36.8 Å². The van der Waals surface area contributed by atoms with Gasteiger partial charge in [-0.1, -0.05) is 0 Å². The third-order valence-corrected chi connectivity index (χ3v) is 6.21. The van der Waals surface area contributed by atoms with Gasteiger partial charge in [0.15, 0.2) is 5.65 Å². The molecule has 2 aliphatic carbocycles. The quantitative estimate of drug-likeness (QED) is 0.433. The summed E-state index contributed by atoms with van der Waals surface area (Å²) in [5.74, 6) is -0.256. The van der Waals surface area contributed by atoms with Gasteiger partial charge in [-0.2, -0.15) is 10.2 Å². The first-order valence-corrected chi connectivity index (χ1v) is 10.8. The minimum absolute atomic E-state index is 0.00965. The summed E-state index contributed by atoms with van der Waals surface area (Å²) in [6.07, 6.45) is 15.9. The number of carbonyl (C=O) groups is 2. The third kappa shape index (κ3) is 3.33. The van der Waals surface area contributed by atoms with E-state index >= 15 is 0 Å². The van der Waals surface area contributed by atoms with Crippen LogP contribution >= 0.6 is 0 Å². The van der Waals surface area contributed by atoms with Crippen LogP contribution < -0.4 is 10.6 Å². The normalized spacial score (nSPS) is 16.1. The zero-order chi connectivity index (χ0) is 21.7. The first-order valence-electron chi connectivity index (χ1n) is 10.8. The molecule has 0 saturated heterocycles. The Hall–Kier alpha value is -3.95. The predicted octanol–water partition coefficient (Wildman–Crippen LogP) is 3.25. The Labute approximate surface area is 183 Å². The van der Waals surface area contributed by atoms with Crippen LogP contribution in [-0.2, 0) is 4.79 Å². The molecule has 0 spiro atoms. The molecule has 10 nitrogen and oxygen atoms in total. The highest BCUT2D eigenvalue weighted by molar-refractivity contribution is 6.07. The van der Waals surface area contributed by atoms with Crippen molar-refractivity contribution < 1.29 is 9.59 Å². The lowest BCUT2D eigenvalue weighted by molar-refractivity contribution is -0.117. The predicted molar refractivity (Wildman–Crippen MR) is 117 cm³/mol. The van der Waals surface area contributed by atoms with E-state index in [-0.39, 0.29) is 23.4 Å². The first kappa shape index (κ1) is 18.8. The Morgan fingerprint density at radius 3 is 2.56 bits per heavy atom. The van der Waals surface area contributed by atoms with E-state index in [2.05, 4.69) is 35.5 Å². The molecule has 4 aromatic heterocycles. The average molecular weight is 430 g/mol. The van der Waals surface area contributed by atoms with Crippen molar-refractivity contribution in [2.45, 2.75) is 38.1 Å². The molecule has 2 fully saturated rings. The fraction of sp³-hybridized carbons (Fsp3) is 0.318. The van der Waals surface area contributed by atoms with Gasteiger partial charge in [-0.05, 0) is 38.2 Å². The lowest BCUT2D eigenvalue weighted by atomic mass is 9.93. The first-order chi connectivity index (χ1) is 15.7. The molecule has 10 heteroatoms. The molecular formula is C22H22N8O2. The van der Waals surface area contributed by atoms with Crippen molar-refractivity contribution in [3.8, 4) is 11.1 Å². The van der Waals surface area contributed by atoms with Gasteiger partial charge in [-0.3, -0.25) is 14.7 Å². The standard InChI is InChI=1S/C22H22N8O2/c31-21(13-4-5-13)27-18-11-29(15-2-1-3-15)12-19(18)28-22(32)17-6-7-30-20(26-17)16(10-25-30)14-8-23-24-9-14/h6-13,15H,1-5H2,(H,23,24)(H,27,31)(H,28,32). The molecule has 162 valence electrons. The molecular weight excluding hydrogens is 408 g/mol. The van der Waals surface area contributed by atoms with Crippen molar-refractivity contribution in [1.29, 1.82) is 0 Å². The Morgan fingerprint density at radius 1 is 1.06 bits per heavy atom. The van der Waals surface area contributed by atoms with E-state index in [4.69, 9.17) is 0 Å². The van der Waals surface area contributed by atoms with Crippen LogP contribution in [0.3, 0.4) is 0 Å². The zero-order valence-corrected chi connectivity index (χ0v) is 17.3. The van der Waals surface area contributed by atoms with Crippen LogP contribution in [0.2, 0.25) is 0 Å². The molecule has 0 radical (unpaired) electrons. The van der Waals surface area contributed by atoms with E-state index < -0.39 is 0 Å². The number of amides is 2. The van der Waals surface area contributed by atoms with E-state index in [1.807, 2.05) is 12.4 Å². The van der Waals surface area contributed by atoms with Gasteiger partial charge in [-0.25, -0.2) is 9.50 Å². The number of hydrogen-bond acceptors (Lipinski definition) is 5. The largest absolute Gasteiger partial charge is 0.347 e. The number of hydrogen-bond donors (Lipinski definition) is 3. The Bertz CT molecular complexity index is 1310. The number of nitrogens with zero attached hydrogens (tertiary/aromatic N) is 5. The Balaban J connectivity index is 1.29. The van der Waals surface area contributed by atoms with Gasteiger partial charge in [0.2, 0.25) is 5.91 Å². The molecule has 32 heavy (non-hydrogen) atoms. The summed E-state index contributed by atoms with van der Waals surface area (Å²) in [5, 5.41) is 17.0. The zero-order valence-electron chi connectivity index (χ0n) is 17.3. The monoisotopic (exact) mass is 430 g/mol. The van der Waals surface area contributed by atoms with Crippen LogP contribution in [0.15, 0.2) is 43.2 Å². The number of anilines is 2. The van der Waals surface area contributed by atoms with Gasteiger partial charge in [0.25, 0.3) is 5.91 Å². The Kier molecular flexibility index (Phi) is 4.30. The molecule has 0 atom stereocenters. The van der Waals surface area contributed by atoms with Crippen molar-refractivity contribution in [3.63, 3.8) is 0 Å².